The lowest BCUT2D eigenvalue weighted by atomic mass is 9.67. The van der Waals surface area contributed by atoms with Gasteiger partial charge >= 0.3 is 0 Å². The van der Waals surface area contributed by atoms with Crippen LogP contribution in [0.25, 0.3) is 0 Å². The van der Waals surface area contributed by atoms with Crippen LogP contribution in [-0.4, -0.2) is 0 Å². The van der Waals surface area contributed by atoms with E-state index in [2.05, 4.69) is 0 Å². The molecule has 0 aromatic carbocycles. The molecule has 3 aliphatic rings. The van der Waals surface area contributed by atoms with Crippen LogP contribution in [0.5, 0.6) is 0 Å². The summed E-state index contributed by atoms with van der Waals surface area (Å²) in [6, 6.07) is 0. The van der Waals surface area contributed by atoms with Gasteiger partial charge in [0.15, 0.2) is 0 Å². The Bertz CT molecular complexity index is 204. The van der Waals surface area contributed by atoms with Crippen molar-refractivity contribution in [3.63, 3.8) is 0 Å². The van der Waals surface area contributed by atoms with Gasteiger partial charge in [-0.2, -0.15) is 0 Å². The van der Waals surface area contributed by atoms with Crippen LogP contribution in [-0.2, 0) is 0 Å². The zero-order valence-corrected chi connectivity index (χ0v) is 10.8. The van der Waals surface area contributed by atoms with Gasteiger partial charge < -0.3 is 0 Å². The Morgan fingerprint density at radius 1 is 0.625 bits per heavy atom. The second-order valence-corrected chi connectivity index (χ2v) is 6.79. The van der Waals surface area contributed by atoms with Gasteiger partial charge in [-0.05, 0) is 30.1 Å². The van der Waals surface area contributed by atoms with Crippen LogP contribution >= 0.6 is 0 Å². The molecule has 0 heteroatoms. The predicted octanol–water partition coefficient (Wildman–Crippen LogP) is 5.17. The van der Waals surface area contributed by atoms with Gasteiger partial charge in [0.1, 0.15) is 0 Å². The summed E-state index contributed by atoms with van der Waals surface area (Å²) in [5, 5.41) is 0. The van der Waals surface area contributed by atoms with Gasteiger partial charge in [0.25, 0.3) is 0 Å². The van der Waals surface area contributed by atoms with Crippen molar-refractivity contribution >= 4 is 0 Å². The van der Waals surface area contributed by atoms with Crippen LogP contribution in [0.4, 0.5) is 0 Å². The first-order valence-electron chi connectivity index (χ1n) is 7.93. The second kappa shape index (κ2) is 5.10. The third kappa shape index (κ3) is 2.31. The van der Waals surface area contributed by atoms with E-state index < -0.39 is 0 Å². The topological polar surface area (TPSA) is 0 Å². The summed E-state index contributed by atoms with van der Waals surface area (Å²) >= 11 is 0. The monoisotopic (exact) mass is 220 g/mol. The quantitative estimate of drug-likeness (QED) is 0.613. The van der Waals surface area contributed by atoms with E-state index in [9.17, 15) is 0 Å². The minimum absolute atomic E-state index is 1.13. The fraction of sp³-hybridized carbons (Fsp3) is 1.00. The van der Waals surface area contributed by atoms with Gasteiger partial charge in [0.2, 0.25) is 0 Å². The lowest BCUT2D eigenvalue weighted by molar-refractivity contribution is 0.118. The summed E-state index contributed by atoms with van der Waals surface area (Å²) in [4.78, 5) is 0. The first kappa shape index (κ1) is 11.1. The van der Waals surface area contributed by atoms with Gasteiger partial charge in [-0.3, -0.25) is 0 Å². The molecule has 16 heavy (non-hydrogen) atoms. The molecule has 3 aliphatic carbocycles. The second-order valence-electron chi connectivity index (χ2n) is 6.79. The highest BCUT2D eigenvalue weighted by atomic mass is 14.4. The van der Waals surface area contributed by atoms with E-state index in [1.165, 1.54) is 12.8 Å². The lowest BCUT2D eigenvalue weighted by Gasteiger charge is -2.39. The van der Waals surface area contributed by atoms with E-state index in [-0.39, 0.29) is 0 Å². The molecule has 0 saturated heterocycles. The maximum Gasteiger partial charge on any atom is -0.0355 e. The minimum Gasteiger partial charge on any atom is -0.0530 e. The zero-order chi connectivity index (χ0) is 10.8. The van der Waals surface area contributed by atoms with E-state index in [1.54, 1.807) is 64.2 Å². The van der Waals surface area contributed by atoms with Crippen molar-refractivity contribution in [1.82, 2.24) is 0 Å². The van der Waals surface area contributed by atoms with Gasteiger partial charge in [-0.25, -0.2) is 0 Å². The summed E-state index contributed by atoms with van der Waals surface area (Å²) < 4.78 is 0. The van der Waals surface area contributed by atoms with Crippen molar-refractivity contribution in [3.05, 3.63) is 0 Å². The molecule has 1 atom stereocenters. The molecule has 0 aliphatic heterocycles. The summed E-state index contributed by atoms with van der Waals surface area (Å²) in [6.07, 6.45) is 18.7. The highest BCUT2D eigenvalue weighted by Gasteiger charge is 2.36. The summed E-state index contributed by atoms with van der Waals surface area (Å²) in [7, 11) is 0. The molecule has 3 saturated carbocycles. The van der Waals surface area contributed by atoms with E-state index >= 15 is 0 Å². The van der Waals surface area contributed by atoms with Gasteiger partial charge in [0.05, 0.1) is 0 Å². The van der Waals surface area contributed by atoms with Crippen molar-refractivity contribution in [2.24, 2.45) is 23.7 Å². The smallest absolute Gasteiger partial charge is 0.0355 e. The first-order chi connectivity index (χ1) is 7.93. The van der Waals surface area contributed by atoms with Crippen LogP contribution < -0.4 is 0 Å². The lowest BCUT2D eigenvalue weighted by Crippen LogP contribution is -2.29. The van der Waals surface area contributed by atoms with E-state index in [0.717, 1.165) is 23.7 Å². The zero-order valence-electron chi connectivity index (χ0n) is 10.8. The Kier molecular flexibility index (Phi) is 3.54. The highest BCUT2D eigenvalue weighted by Crippen LogP contribution is 2.47. The average molecular weight is 220 g/mol. The molecule has 0 aromatic rings. The van der Waals surface area contributed by atoms with Crippen molar-refractivity contribution in [2.45, 2.75) is 77.0 Å². The molecule has 3 rings (SSSR count). The number of hydrogen-bond donors (Lipinski definition) is 0. The average Bonchev–Trinajstić information content (AvgIpc) is 2.86. The maximum absolute atomic E-state index is 1.62. The van der Waals surface area contributed by atoms with Crippen molar-refractivity contribution in [2.75, 3.05) is 0 Å². The summed E-state index contributed by atoms with van der Waals surface area (Å²) in [5.74, 6) is 4.58. The largest absolute Gasteiger partial charge is 0.0530 e. The number of rotatable bonds is 4. The first-order valence-corrected chi connectivity index (χ1v) is 7.93. The molecule has 1 unspecified atom stereocenters. The van der Waals surface area contributed by atoms with Crippen LogP contribution in [0, 0.1) is 23.7 Å². The van der Waals surface area contributed by atoms with Crippen LogP contribution in [0.2, 0.25) is 0 Å². The highest BCUT2D eigenvalue weighted by molar-refractivity contribution is 4.87. The van der Waals surface area contributed by atoms with Crippen molar-refractivity contribution in [3.8, 4) is 0 Å². The molecule has 3 fully saturated rings. The minimum atomic E-state index is 1.13. The predicted molar refractivity (Wildman–Crippen MR) is 69.4 cm³/mol. The molecule has 92 valence electrons. The molecular weight excluding hydrogens is 192 g/mol. The molecule has 0 bridgehead atoms. The molecule has 0 nitrogen and oxygen atoms in total. The van der Waals surface area contributed by atoms with Gasteiger partial charge in [0, 0.05) is 0 Å². The fourth-order valence-corrected chi connectivity index (χ4v) is 4.65. The van der Waals surface area contributed by atoms with E-state index in [0.29, 0.717) is 0 Å². The van der Waals surface area contributed by atoms with E-state index in [1.807, 2.05) is 0 Å². The normalized spacial score (nSPS) is 30.8. The summed E-state index contributed by atoms with van der Waals surface area (Å²) in [5.41, 5.74) is 0. The van der Waals surface area contributed by atoms with Crippen molar-refractivity contribution < 1.29 is 0 Å². The molecule has 0 amide bonds. The Morgan fingerprint density at radius 2 is 1.12 bits per heavy atom. The Hall–Kier alpha value is 0. The Morgan fingerprint density at radius 3 is 1.62 bits per heavy atom. The molecule has 0 N–H and O–H groups in total. The Balaban J connectivity index is 1.58. The molecule has 0 radical (unpaired) electrons. The van der Waals surface area contributed by atoms with Crippen LogP contribution in [0.3, 0.4) is 0 Å². The van der Waals surface area contributed by atoms with E-state index in [4.69, 9.17) is 0 Å². The van der Waals surface area contributed by atoms with Gasteiger partial charge in [-0.15, -0.1) is 0 Å². The third-order valence-corrected chi connectivity index (χ3v) is 5.84. The van der Waals surface area contributed by atoms with Gasteiger partial charge in [-0.1, -0.05) is 70.6 Å². The van der Waals surface area contributed by atoms with Crippen molar-refractivity contribution in [1.29, 1.82) is 0 Å². The standard InChI is InChI=1S/C16H28/c1-2-7-13(6-1)12-16(15-10-5-11-15)14-8-3-4-9-14/h13-16H,1-12H2. The molecule has 0 spiro atoms. The summed E-state index contributed by atoms with van der Waals surface area (Å²) in [6.45, 7) is 0. The SMILES string of the molecule is C1CCC(CC(C2CCCC2)C2CCC2)C1. The number of hydrogen-bond acceptors (Lipinski definition) is 0. The maximum atomic E-state index is 1.62. The Labute approximate surface area is 101 Å². The molecule has 0 heterocycles. The van der Waals surface area contributed by atoms with Crippen LogP contribution in [0.15, 0.2) is 0 Å². The van der Waals surface area contributed by atoms with Crippen LogP contribution in [0.1, 0.15) is 77.0 Å². The molecule has 0 aromatic heterocycles. The third-order valence-electron chi connectivity index (χ3n) is 5.84. The fourth-order valence-electron chi connectivity index (χ4n) is 4.65. The molecular formula is C16H28.